The van der Waals surface area contributed by atoms with E-state index in [4.69, 9.17) is 4.74 Å². The van der Waals surface area contributed by atoms with E-state index in [1.165, 1.54) is 18.4 Å². The third kappa shape index (κ3) is 5.91. The Kier molecular flexibility index (Phi) is 7.39. The van der Waals surface area contributed by atoms with Gasteiger partial charge in [0.05, 0.1) is 29.7 Å². The van der Waals surface area contributed by atoms with Gasteiger partial charge in [0.2, 0.25) is 0 Å². The quantitative estimate of drug-likeness (QED) is 0.505. The summed E-state index contributed by atoms with van der Waals surface area (Å²) in [5.74, 6) is -0.562. The van der Waals surface area contributed by atoms with Gasteiger partial charge in [-0.1, -0.05) is 23.8 Å². The Morgan fingerprint density at radius 2 is 2.00 bits per heavy atom. The lowest BCUT2D eigenvalue weighted by Crippen LogP contribution is -2.25. The maximum absolute atomic E-state index is 12.3. The van der Waals surface area contributed by atoms with E-state index in [1.807, 2.05) is 6.07 Å². The molecule has 2 N–H and O–H groups in total. The second kappa shape index (κ2) is 10.4. The maximum Gasteiger partial charge on any atom is 0.340 e. The summed E-state index contributed by atoms with van der Waals surface area (Å²) in [7, 11) is 0. The molecule has 1 aromatic heterocycles. The monoisotopic (exact) mass is 393 g/mol. The summed E-state index contributed by atoms with van der Waals surface area (Å²) in [6.45, 7) is 2.71. The number of para-hydroxylation sites is 1. The number of carbonyl (C=O) groups is 2. The largest absolute Gasteiger partial charge is 0.462 e. The van der Waals surface area contributed by atoms with Crippen LogP contribution in [0.1, 0.15) is 59.9 Å². The van der Waals surface area contributed by atoms with Gasteiger partial charge in [0, 0.05) is 6.54 Å². The van der Waals surface area contributed by atoms with Crippen LogP contribution in [0.2, 0.25) is 0 Å². The Hall–Kier alpha value is -3.15. The molecule has 0 saturated heterocycles. The van der Waals surface area contributed by atoms with Crippen LogP contribution in [-0.4, -0.2) is 30.0 Å². The van der Waals surface area contributed by atoms with Crippen LogP contribution in [0.25, 0.3) is 0 Å². The summed E-state index contributed by atoms with van der Waals surface area (Å²) >= 11 is 0. The zero-order valence-electron chi connectivity index (χ0n) is 16.7. The van der Waals surface area contributed by atoms with Crippen LogP contribution in [0.4, 0.5) is 11.4 Å². The number of hydrogen-bond donors (Lipinski definition) is 2. The van der Waals surface area contributed by atoms with E-state index in [9.17, 15) is 9.59 Å². The second-order valence-electron chi connectivity index (χ2n) is 6.94. The molecule has 0 bridgehead atoms. The van der Waals surface area contributed by atoms with E-state index >= 15 is 0 Å². The van der Waals surface area contributed by atoms with Gasteiger partial charge in [-0.25, -0.2) is 9.78 Å². The molecule has 1 aromatic carbocycles. The van der Waals surface area contributed by atoms with Gasteiger partial charge in [0.15, 0.2) is 0 Å². The van der Waals surface area contributed by atoms with Gasteiger partial charge in [-0.2, -0.15) is 0 Å². The van der Waals surface area contributed by atoms with Crippen molar-refractivity contribution < 1.29 is 14.3 Å². The molecule has 1 heterocycles. The first-order valence-corrected chi connectivity index (χ1v) is 10.1. The van der Waals surface area contributed by atoms with Crippen molar-refractivity contribution >= 4 is 23.3 Å². The van der Waals surface area contributed by atoms with Crippen molar-refractivity contribution in [2.75, 3.05) is 18.5 Å². The highest BCUT2D eigenvalue weighted by atomic mass is 16.5. The summed E-state index contributed by atoms with van der Waals surface area (Å²) in [6.07, 6.45) is 9.58. The smallest absolute Gasteiger partial charge is 0.340 e. The first-order valence-electron chi connectivity index (χ1n) is 10.1. The highest BCUT2D eigenvalue weighted by Crippen LogP contribution is 2.22. The molecule has 3 rings (SSSR count). The van der Waals surface area contributed by atoms with Gasteiger partial charge in [0.25, 0.3) is 5.91 Å². The Morgan fingerprint density at radius 1 is 1.14 bits per heavy atom. The summed E-state index contributed by atoms with van der Waals surface area (Å²) in [4.78, 5) is 28.6. The van der Waals surface area contributed by atoms with Gasteiger partial charge in [-0.15, -0.1) is 0 Å². The number of carbonyl (C=O) groups excluding carboxylic acids is 2. The summed E-state index contributed by atoms with van der Waals surface area (Å²) < 4.78 is 5.09. The molecule has 2 aromatic rings. The summed E-state index contributed by atoms with van der Waals surface area (Å²) in [6, 6.07) is 10.6. The maximum atomic E-state index is 12.3. The minimum Gasteiger partial charge on any atom is -0.462 e. The summed E-state index contributed by atoms with van der Waals surface area (Å²) in [5, 5.41) is 6.09. The highest BCUT2D eigenvalue weighted by molar-refractivity contribution is 5.96. The number of pyridine rings is 1. The number of nitrogens with zero attached hydrogens (tertiary/aromatic N) is 1. The molecule has 0 radical (unpaired) electrons. The molecule has 152 valence electrons. The molecule has 0 unspecified atom stereocenters. The number of esters is 1. The van der Waals surface area contributed by atoms with Crippen LogP contribution in [0, 0.1) is 0 Å². The van der Waals surface area contributed by atoms with Crippen LogP contribution in [0.5, 0.6) is 0 Å². The molecule has 0 fully saturated rings. The highest BCUT2D eigenvalue weighted by Gasteiger charge is 2.13. The molecule has 6 heteroatoms. The van der Waals surface area contributed by atoms with Gasteiger partial charge >= 0.3 is 5.97 Å². The van der Waals surface area contributed by atoms with Gasteiger partial charge in [-0.05, 0) is 63.3 Å². The average Bonchev–Trinajstić information content (AvgIpc) is 2.75. The molecular weight excluding hydrogens is 366 g/mol. The second-order valence-corrected chi connectivity index (χ2v) is 6.94. The number of ether oxygens (including phenoxy) is 1. The SMILES string of the molecule is CCOC(=O)c1ccccc1Nc1ccc(C(=O)NCCC2=CCCCC2)nc1. The fraction of sp³-hybridized carbons (Fsp3) is 0.348. The van der Waals surface area contributed by atoms with Crippen LogP contribution in [0.15, 0.2) is 54.2 Å². The van der Waals surface area contributed by atoms with Crippen LogP contribution < -0.4 is 10.6 Å². The molecule has 6 nitrogen and oxygen atoms in total. The Morgan fingerprint density at radius 3 is 2.72 bits per heavy atom. The van der Waals surface area contributed by atoms with E-state index in [1.54, 1.807) is 43.5 Å². The predicted molar refractivity (Wildman–Crippen MR) is 113 cm³/mol. The van der Waals surface area contributed by atoms with E-state index < -0.39 is 0 Å². The van der Waals surface area contributed by atoms with Crippen molar-refractivity contribution in [3.63, 3.8) is 0 Å². The fourth-order valence-electron chi connectivity index (χ4n) is 3.30. The molecule has 0 atom stereocenters. The molecular formula is C23H27N3O3. The lowest BCUT2D eigenvalue weighted by atomic mass is 9.97. The number of aromatic nitrogens is 1. The van der Waals surface area contributed by atoms with Crippen molar-refractivity contribution in [1.29, 1.82) is 0 Å². The Bertz CT molecular complexity index is 875. The standard InChI is InChI=1S/C23H27N3O3/c1-2-29-23(28)19-10-6-7-11-20(19)26-18-12-13-21(25-16-18)22(27)24-15-14-17-8-4-3-5-9-17/h6-8,10-13,16,26H,2-5,9,14-15H2,1H3,(H,24,27). The molecule has 29 heavy (non-hydrogen) atoms. The van der Waals surface area contributed by atoms with Crippen molar-refractivity contribution in [3.05, 3.63) is 65.5 Å². The number of benzene rings is 1. The number of nitrogens with one attached hydrogen (secondary N) is 2. The minimum absolute atomic E-state index is 0.181. The average molecular weight is 393 g/mol. The summed E-state index contributed by atoms with van der Waals surface area (Å²) in [5.41, 5.74) is 3.57. The predicted octanol–water partition coefficient (Wildman–Crippen LogP) is 4.62. The van der Waals surface area contributed by atoms with Gasteiger partial charge in [0.1, 0.15) is 5.69 Å². The molecule has 0 spiro atoms. The van der Waals surface area contributed by atoms with Crippen molar-refractivity contribution in [2.24, 2.45) is 0 Å². The first-order chi connectivity index (χ1) is 14.2. The molecule has 1 aliphatic carbocycles. The minimum atomic E-state index is -0.382. The molecule has 0 saturated carbocycles. The number of allylic oxidation sites excluding steroid dienone is 1. The first kappa shape index (κ1) is 20.6. The topological polar surface area (TPSA) is 80.3 Å². The lowest BCUT2D eigenvalue weighted by molar-refractivity contribution is 0.0527. The Labute approximate surface area is 171 Å². The lowest BCUT2D eigenvalue weighted by Gasteiger charge is -2.13. The van der Waals surface area contributed by atoms with Gasteiger partial charge in [-0.3, -0.25) is 4.79 Å². The van der Waals surface area contributed by atoms with E-state index in [2.05, 4.69) is 21.7 Å². The van der Waals surface area contributed by atoms with Gasteiger partial charge < -0.3 is 15.4 Å². The third-order valence-corrected chi connectivity index (χ3v) is 4.81. The number of rotatable bonds is 8. The zero-order chi connectivity index (χ0) is 20.5. The normalized spacial score (nSPS) is 13.3. The van der Waals surface area contributed by atoms with E-state index in [0.717, 1.165) is 19.3 Å². The number of anilines is 2. The number of amides is 1. The Balaban J connectivity index is 1.57. The number of hydrogen-bond acceptors (Lipinski definition) is 5. The third-order valence-electron chi connectivity index (χ3n) is 4.81. The van der Waals surface area contributed by atoms with Crippen molar-refractivity contribution in [1.82, 2.24) is 10.3 Å². The van der Waals surface area contributed by atoms with Crippen LogP contribution in [0.3, 0.4) is 0 Å². The molecule has 0 aliphatic heterocycles. The van der Waals surface area contributed by atoms with Crippen molar-refractivity contribution in [3.8, 4) is 0 Å². The van der Waals surface area contributed by atoms with E-state index in [-0.39, 0.29) is 11.9 Å². The zero-order valence-corrected chi connectivity index (χ0v) is 16.7. The van der Waals surface area contributed by atoms with E-state index in [0.29, 0.717) is 35.8 Å². The van der Waals surface area contributed by atoms with Crippen LogP contribution >= 0.6 is 0 Å². The fourth-order valence-corrected chi connectivity index (χ4v) is 3.30. The van der Waals surface area contributed by atoms with Crippen molar-refractivity contribution in [2.45, 2.75) is 39.0 Å². The molecule has 1 amide bonds. The van der Waals surface area contributed by atoms with Crippen LogP contribution in [-0.2, 0) is 4.74 Å². The molecule has 1 aliphatic rings.